The topological polar surface area (TPSA) is 51.2 Å². The molecular formula is C19H25FN2O2S. The fourth-order valence-corrected chi connectivity index (χ4v) is 3.02. The second-order valence-electron chi connectivity index (χ2n) is 6.59. The summed E-state index contributed by atoms with van der Waals surface area (Å²) in [7, 11) is 0. The quantitative estimate of drug-likeness (QED) is 0.720. The minimum atomic E-state index is -0.294. The number of nitrogens with zero attached hydrogens (tertiary/aromatic N) is 1. The van der Waals surface area contributed by atoms with Gasteiger partial charge >= 0.3 is 0 Å². The van der Waals surface area contributed by atoms with Gasteiger partial charge in [-0.3, -0.25) is 4.79 Å². The lowest BCUT2D eigenvalue weighted by molar-refractivity contribution is -0.121. The monoisotopic (exact) mass is 364 g/mol. The van der Waals surface area contributed by atoms with Crippen LogP contribution in [0.5, 0.6) is 5.75 Å². The molecule has 25 heavy (non-hydrogen) atoms. The third-order valence-corrected chi connectivity index (χ3v) is 4.57. The number of hydrogen-bond donors (Lipinski definition) is 1. The van der Waals surface area contributed by atoms with E-state index in [4.69, 9.17) is 4.74 Å². The van der Waals surface area contributed by atoms with Gasteiger partial charge in [0.05, 0.1) is 12.1 Å². The lowest BCUT2D eigenvalue weighted by Gasteiger charge is -2.14. The van der Waals surface area contributed by atoms with E-state index in [2.05, 4.69) is 24.1 Å². The van der Waals surface area contributed by atoms with Gasteiger partial charge in [0.2, 0.25) is 5.91 Å². The van der Waals surface area contributed by atoms with Gasteiger partial charge in [-0.05, 0) is 49.9 Å². The number of benzene rings is 1. The summed E-state index contributed by atoms with van der Waals surface area (Å²) in [6.07, 6.45) is 2.36. The predicted octanol–water partition coefficient (Wildman–Crippen LogP) is 4.34. The van der Waals surface area contributed by atoms with E-state index in [-0.39, 0.29) is 24.2 Å². The Hall–Kier alpha value is -1.95. The van der Waals surface area contributed by atoms with Gasteiger partial charge < -0.3 is 10.1 Å². The number of aromatic nitrogens is 1. The highest BCUT2D eigenvalue weighted by molar-refractivity contribution is 7.09. The number of ether oxygens (including phenoxy) is 1. The summed E-state index contributed by atoms with van der Waals surface area (Å²) in [5, 5.41) is 5.68. The summed E-state index contributed by atoms with van der Waals surface area (Å²) < 4.78 is 18.4. The van der Waals surface area contributed by atoms with Crippen LogP contribution in [0, 0.1) is 11.7 Å². The number of nitrogens with one attached hydrogen (secondary N) is 1. The summed E-state index contributed by atoms with van der Waals surface area (Å²) in [6.45, 7) is 6.70. The fraction of sp³-hybridized carbons (Fsp3) is 0.474. The molecule has 1 heterocycles. The number of amides is 1. The average Bonchev–Trinajstić information content (AvgIpc) is 2.99. The van der Waals surface area contributed by atoms with Crippen molar-refractivity contribution in [2.75, 3.05) is 0 Å². The zero-order valence-corrected chi connectivity index (χ0v) is 15.7. The molecule has 2 aromatic rings. The molecule has 1 amide bonds. The number of hydrogen-bond acceptors (Lipinski definition) is 4. The lowest BCUT2D eigenvalue weighted by atomic mass is 10.0. The van der Waals surface area contributed by atoms with Crippen LogP contribution in [0.1, 0.15) is 44.3 Å². The van der Waals surface area contributed by atoms with Crippen molar-refractivity contribution >= 4 is 17.2 Å². The molecule has 1 atom stereocenters. The Balaban J connectivity index is 1.76. The third kappa shape index (κ3) is 7.22. The molecule has 4 nitrogen and oxygen atoms in total. The van der Waals surface area contributed by atoms with E-state index in [1.165, 1.54) is 23.5 Å². The molecule has 0 saturated carbocycles. The largest absolute Gasteiger partial charge is 0.486 e. The van der Waals surface area contributed by atoms with Crippen molar-refractivity contribution < 1.29 is 13.9 Å². The third-order valence-electron chi connectivity index (χ3n) is 3.70. The zero-order chi connectivity index (χ0) is 18.2. The molecule has 0 radical (unpaired) electrons. The first-order valence-corrected chi connectivity index (χ1v) is 9.41. The van der Waals surface area contributed by atoms with Gasteiger partial charge in [-0.15, -0.1) is 11.3 Å². The molecule has 2 rings (SSSR count). The van der Waals surface area contributed by atoms with Crippen molar-refractivity contribution in [2.24, 2.45) is 5.92 Å². The molecule has 6 heteroatoms. The Morgan fingerprint density at radius 2 is 1.96 bits per heavy atom. The van der Waals surface area contributed by atoms with E-state index < -0.39 is 0 Å². The second kappa shape index (κ2) is 9.51. The molecule has 136 valence electrons. The van der Waals surface area contributed by atoms with Crippen LogP contribution in [0.3, 0.4) is 0 Å². The van der Waals surface area contributed by atoms with Crippen molar-refractivity contribution in [1.29, 1.82) is 0 Å². The maximum Gasteiger partial charge on any atom is 0.226 e. The second-order valence-corrected chi connectivity index (χ2v) is 7.53. The Bertz CT molecular complexity index is 670. The number of carbonyl (C=O) groups is 1. The van der Waals surface area contributed by atoms with E-state index in [1.807, 2.05) is 12.3 Å². The molecule has 0 aliphatic rings. The van der Waals surface area contributed by atoms with Crippen LogP contribution in [0.15, 0.2) is 29.6 Å². The minimum Gasteiger partial charge on any atom is -0.486 e. The molecule has 0 aliphatic carbocycles. The maximum atomic E-state index is 12.8. The van der Waals surface area contributed by atoms with Crippen molar-refractivity contribution in [3.8, 4) is 5.75 Å². The highest BCUT2D eigenvalue weighted by Crippen LogP contribution is 2.16. The van der Waals surface area contributed by atoms with Crippen LogP contribution in [-0.2, 0) is 17.8 Å². The molecule has 0 aliphatic heterocycles. The molecule has 1 aromatic carbocycles. The normalized spacial score (nSPS) is 12.2. The SMILES string of the molecule is CC(C)CC[C@@H](C)NC(=O)Cc1csc(COc2ccc(F)cc2)n1. The summed E-state index contributed by atoms with van der Waals surface area (Å²) in [5.41, 5.74) is 0.747. The average molecular weight is 364 g/mol. The van der Waals surface area contributed by atoms with E-state index in [9.17, 15) is 9.18 Å². The zero-order valence-electron chi connectivity index (χ0n) is 14.9. The number of thiazole rings is 1. The lowest BCUT2D eigenvalue weighted by Crippen LogP contribution is -2.33. The standard InChI is InChI=1S/C19H25FN2O2S/c1-13(2)4-5-14(3)21-18(23)10-16-12-25-19(22-16)11-24-17-8-6-15(20)7-9-17/h6-9,12-14H,4-5,10-11H2,1-3H3,(H,21,23)/t14-/m1/s1. The van der Waals surface area contributed by atoms with Crippen LogP contribution >= 0.6 is 11.3 Å². The Morgan fingerprint density at radius 3 is 2.64 bits per heavy atom. The van der Waals surface area contributed by atoms with E-state index in [0.29, 0.717) is 18.3 Å². The summed E-state index contributed by atoms with van der Waals surface area (Å²) in [4.78, 5) is 16.5. The van der Waals surface area contributed by atoms with Crippen LogP contribution in [-0.4, -0.2) is 16.9 Å². The summed E-state index contributed by atoms with van der Waals surface area (Å²) in [6, 6.07) is 6.04. The molecule has 0 unspecified atom stereocenters. The molecule has 1 N–H and O–H groups in total. The van der Waals surface area contributed by atoms with Crippen LogP contribution in [0.25, 0.3) is 0 Å². The predicted molar refractivity (Wildman–Crippen MR) is 98.2 cm³/mol. The van der Waals surface area contributed by atoms with Crippen molar-refractivity contribution in [2.45, 2.75) is 52.7 Å². The first kappa shape index (κ1) is 19.4. The Kier molecular flexibility index (Phi) is 7.37. The van der Waals surface area contributed by atoms with Crippen LogP contribution in [0.4, 0.5) is 4.39 Å². The highest BCUT2D eigenvalue weighted by Gasteiger charge is 2.11. The fourth-order valence-electron chi connectivity index (χ4n) is 2.32. The van der Waals surface area contributed by atoms with Gasteiger partial charge in [-0.25, -0.2) is 9.37 Å². The highest BCUT2D eigenvalue weighted by atomic mass is 32.1. The van der Waals surface area contributed by atoms with Crippen LogP contribution < -0.4 is 10.1 Å². The minimum absolute atomic E-state index is 0.00689. The number of carbonyl (C=O) groups excluding carboxylic acids is 1. The van der Waals surface area contributed by atoms with Gasteiger partial charge in [0.15, 0.2) is 0 Å². The van der Waals surface area contributed by atoms with Crippen LogP contribution in [0.2, 0.25) is 0 Å². The van der Waals surface area contributed by atoms with Gasteiger partial charge in [0, 0.05) is 11.4 Å². The smallest absolute Gasteiger partial charge is 0.226 e. The molecular weight excluding hydrogens is 339 g/mol. The molecule has 0 spiro atoms. The van der Waals surface area contributed by atoms with E-state index in [1.54, 1.807) is 12.1 Å². The number of rotatable bonds is 9. The molecule has 1 aromatic heterocycles. The molecule has 0 saturated heterocycles. The van der Waals surface area contributed by atoms with E-state index in [0.717, 1.165) is 23.5 Å². The first-order valence-electron chi connectivity index (χ1n) is 8.53. The van der Waals surface area contributed by atoms with Gasteiger partial charge in [0.1, 0.15) is 23.2 Å². The van der Waals surface area contributed by atoms with Gasteiger partial charge in [-0.2, -0.15) is 0 Å². The van der Waals surface area contributed by atoms with Crippen molar-refractivity contribution in [3.05, 3.63) is 46.2 Å². The van der Waals surface area contributed by atoms with Crippen molar-refractivity contribution in [1.82, 2.24) is 10.3 Å². The first-order chi connectivity index (χ1) is 11.9. The van der Waals surface area contributed by atoms with Gasteiger partial charge in [0.25, 0.3) is 0 Å². The summed E-state index contributed by atoms with van der Waals surface area (Å²) in [5.74, 6) is 0.932. The van der Waals surface area contributed by atoms with Gasteiger partial charge in [-0.1, -0.05) is 13.8 Å². The Labute approximate surface area is 152 Å². The molecule has 0 fully saturated rings. The molecule has 0 bridgehead atoms. The number of halogens is 1. The van der Waals surface area contributed by atoms with E-state index >= 15 is 0 Å². The maximum absolute atomic E-state index is 12.8. The summed E-state index contributed by atoms with van der Waals surface area (Å²) >= 11 is 1.46. The van der Waals surface area contributed by atoms with Crippen molar-refractivity contribution in [3.63, 3.8) is 0 Å². The Morgan fingerprint density at radius 1 is 1.24 bits per heavy atom.